The van der Waals surface area contributed by atoms with Gasteiger partial charge in [0.1, 0.15) is 5.75 Å². The summed E-state index contributed by atoms with van der Waals surface area (Å²) in [4.78, 5) is 0. The molecule has 1 atom stereocenters. The second-order valence-corrected chi connectivity index (χ2v) is 5.57. The molecule has 17 heavy (non-hydrogen) atoms. The maximum atomic E-state index is 5.83. The second-order valence-electron chi connectivity index (χ2n) is 4.71. The Morgan fingerprint density at radius 1 is 1.47 bits per heavy atom. The summed E-state index contributed by atoms with van der Waals surface area (Å²) >= 11 is 3.52. The Balaban J connectivity index is 1.72. The molecule has 0 aromatic heterocycles. The van der Waals surface area contributed by atoms with Gasteiger partial charge in [0.25, 0.3) is 0 Å². The molecule has 94 valence electrons. The Labute approximate surface area is 112 Å². The van der Waals surface area contributed by atoms with Crippen LogP contribution in [0.1, 0.15) is 24.8 Å². The molecule has 3 heteroatoms. The normalized spacial score (nSPS) is 19.5. The molecule has 0 spiro atoms. The van der Waals surface area contributed by atoms with Gasteiger partial charge in [0, 0.05) is 10.0 Å². The minimum Gasteiger partial charge on any atom is -0.493 e. The van der Waals surface area contributed by atoms with E-state index in [2.05, 4.69) is 28.2 Å². The van der Waals surface area contributed by atoms with Gasteiger partial charge in [0.15, 0.2) is 0 Å². The van der Waals surface area contributed by atoms with Crippen molar-refractivity contribution < 1.29 is 4.74 Å². The molecule has 1 N–H and O–H groups in total. The van der Waals surface area contributed by atoms with E-state index < -0.39 is 0 Å². The van der Waals surface area contributed by atoms with Crippen LogP contribution in [0.3, 0.4) is 0 Å². The summed E-state index contributed by atoms with van der Waals surface area (Å²) in [5, 5.41) is 3.40. The van der Waals surface area contributed by atoms with E-state index in [-0.39, 0.29) is 0 Å². The SMILES string of the molecule is Cc1c(Br)cccc1OCCCC1CCNC1. The van der Waals surface area contributed by atoms with E-state index in [0.717, 1.165) is 29.2 Å². The highest BCUT2D eigenvalue weighted by Crippen LogP contribution is 2.25. The summed E-state index contributed by atoms with van der Waals surface area (Å²) in [6, 6.07) is 6.11. The van der Waals surface area contributed by atoms with E-state index in [9.17, 15) is 0 Å². The van der Waals surface area contributed by atoms with Crippen LogP contribution in [0.15, 0.2) is 22.7 Å². The molecule has 0 bridgehead atoms. The molecule has 1 aromatic rings. The first kappa shape index (κ1) is 12.9. The van der Waals surface area contributed by atoms with Crippen molar-refractivity contribution in [2.24, 2.45) is 5.92 Å². The Morgan fingerprint density at radius 3 is 3.12 bits per heavy atom. The monoisotopic (exact) mass is 297 g/mol. The van der Waals surface area contributed by atoms with Gasteiger partial charge >= 0.3 is 0 Å². The van der Waals surface area contributed by atoms with Crippen LogP contribution in [0, 0.1) is 12.8 Å². The van der Waals surface area contributed by atoms with Crippen LogP contribution < -0.4 is 10.1 Å². The quantitative estimate of drug-likeness (QED) is 0.840. The van der Waals surface area contributed by atoms with Crippen LogP contribution in [0.5, 0.6) is 5.75 Å². The van der Waals surface area contributed by atoms with Crippen LogP contribution in [-0.2, 0) is 0 Å². The first-order valence-corrected chi connectivity index (χ1v) is 7.15. The third-order valence-electron chi connectivity index (χ3n) is 3.39. The van der Waals surface area contributed by atoms with Crippen LogP contribution in [-0.4, -0.2) is 19.7 Å². The molecule has 2 rings (SSSR count). The highest BCUT2D eigenvalue weighted by molar-refractivity contribution is 9.10. The summed E-state index contributed by atoms with van der Waals surface area (Å²) < 4.78 is 6.95. The highest BCUT2D eigenvalue weighted by Gasteiger charge is 2.13. The number of hydrogen-bond acceptors (Lipinski definition) is 2. The lowest BCUT2D eigenvalue weighted by Crippen LogP contribution is -2.10. The molecule has 1 saturated heterocycles. The number of hydrogen-bond donors (Lipinski definition) is 1. The fraction of sp³-hybridized carbons (Fsp3) is 0.571. The molecule has 1 aliphatic rings. The van der Waals surface area contributed by atoms with Crippen molar-refractivity contribution in [3.8, 4) is 5.75 Å². The van der Waals surface area contributed by atoms with E-state index in [1.807, 2.05) is 18.2 Å². The molecule has 2 nitrogen and oxygen atoms in total. The largest absolute Gasteiger partial charge is 0.493 e. The van der Waals surface area contributed by atoms with Gasteiger partial charge in [-0.05, 0) is 57.3 Å². The average molecular weight is 298 g/mol. The van der Waals surface area contributed by atoms with Crippen LogP contribution in [0.4, 0.5) is 0 Å². The number of ether oxygens (including phenoxy) is 1. The van der Waals surface area contributed by atoms with E-state index in [4.69, 9.17) is 4.74 Å². The minimum atomic E-state index is 0.827. The van der Waals surface area contributed by atoms with Gasteiger partial charge in [-0.3, -0.25) is 0 Å². The first-order valence-electron chi connectivity index (χ1n) is 6.36. The molecule has 1 aromatic carbocycles. The number of benzene rings is 1. The third-order valence-corrected chi connectivity index (χ3v) is 4.25. The topological polar surface area (TPSA) is 21.3 Å². The van der Waals surface area contributed by atoms with Crippen molar-refractivity contribution in [2.45, 2.75) is 26.2 Å². The van der Waals surface area contributed by atoms with Gasteiger partial charge in [0.2, 0.25) is 0 Å². The first-order chi connectivity index (χ1) is 8.27. The predicted molar refractivity (Wildman–Crippen MR) is 74.6 cm³/mol. The summed E-state index contributed by atoms with van der Waals surface area (Å²) in [5.41, 5.74) is 1.19. The molecule has 0 saturated carbocycles. The summed E-state index contributed by atoms with van der Waals surface area (Å²) in [5.74, 6) is 1.87. The lowest BCUT2D eigenvalue weighted by molar-refractivity contribution is 0.293. The fourth-order valence-corrected chi connectivity index (χ4v) is 2.61. The summed E-state index contributed by atoms with van der Waals surface area (Å²) in [6.45, 7) is 5.29. The molecule has 1 aliphatic heterocycles. The second kappa shape index (κ2) is 6.41. The van der Waals surface area contributed by atoms with Crippen molar-refractivity contribution in [3.63, 3.8) is 0 Å². The number of nitrogens with one attached hydrogen (secondary N) is 1. The molecular weight excluding hydrogens is 278 g/mol. The molecule has 1 unspecified atom stereocenters. The maximum Gasteiger partial charge on any atom is 0.123 e. The predicted octanol–water partition coefficient (Wildman–Crippen LogP) is 3.53. The Kier molecular flexibility index (Phi) is 4.86. The van der Waals surface area contributed by atoms with Gasteiger partial charge in [-0.25, -0.2) is 0 Å². The van der Waals surface area contributed by atoms with Crippen LogP contribution in [0.25, 0.3) is 0 Å². The van der Waals surface area contributed by atoms with Crippen molar-refractivity contribution in [1.82, 2.24) is 5.32 Å². The smallest absolute Gasteiger partial charge is 0.123 e. The van der Waals surface area contributed by atoms with Crippen LogP contribution >= 0.6 is 15.9 Å². The molecule has 1 heterocycles. The zero-order valence-electron chi connectivity index (χ0n) is 10.3. The van der Waals surface area contributed by atoms with Crippen molar-refractivity contribution >= 4 is 15.9 Å². The maximum absolute atomic E-state index is 5.83. The molecular formula is C14H20BrNO. The molecule has 0 amide bonds. The lowest BCUT2D eigenvalue weighted by Gasteiger charge is -2.11. The zero-order chi connectivity index (χ0) is 12.1. The van der Waals surface area contributed by atoms with Gasteiger partial charge in [-0.15, -0.1) is 0 Å². The molecule has 0 aliphatic carbocycles. The number of halogens is 1. The minimum absolute atomic E-state index is 0.827. The Morgan fingerprint density at radius 2 is 2.35 bits per heavy atom. The molecule has 0 radical (unpaired) electrons. The van der Waals surface area contributed by atoms with Gasteiger partial charge in [-0.1, -0.05) is 22.0 Å². The van der Waals surface area contributed by atoms with Crippen LogP contribution in [0.2, 0.25) is 0 Å². The van der Waals surface area contributed by atoms with Crippen molar-refractivity contribution in [1.29, 1.82) is 0 Å². The summed E-state index contributed by atoms with van der Waals surface area (Å²) in [6.07, 6.45) is 3.76. The van der Waals surface area contributed by atoms with E-state index >= 15 is 0 Å². The van der Waals surface area contributed by atoms with Gasteiger partial charge in [-0.2, -0.15) is 0 Å². The van der Waals surface area contributed by atoms with E-state index in [1.165, 1.54) is 31.5 Å². The average Bonchev–Trinajstić information content (AvgIpc) is 2.83. The van der Waals surface area contributed by atoms with Crippen molar-refractivity contribution in [3.05, 3.63) is 28.2 Å². The fourth-order valence-electron chi connectivity index (χ4n) is 2.26. The zero-order valence-corrected chi connectivity index (χ0v) is 11.9. The third kappa shape index (κ3) is 3.71. The Hall–Kier alpha value is -0.540. The standard InChI is InChI=1S/C14H20BrNO/c1-11-13(15)5-2-6-14(11)17-9-3-4-12-7-8-16-10-12/h2,5-6,12,16H,3-4,7-10H2,1H3. The highest BCUT2D eigenvalue weighted by atomic mass is 79.9. The van der Waals surface area contributed by atoms with Gasteiger partial charge in [0.05, 0.1) is 6.61 Å². The van der Waals surface area contributed by atoms with E-state index in [0.29, 0.717) is 0 Å². The van der Waals surface area contributed by atoms with Gasteiger partial charge < -0.3 is 10.1 Å². The lowest BCUT2D eigenvalue weighted by atomic mass is 10.0. The number of rotatable bonds is 5. The van der Waals surface area contributed by atoms with Crippen molar-refractivity contribution in [2.75, 3.05) is 19.7 Å². The Bertz CT molecular complexity index is 361. The molecule has 1 fully saturated rings. The summed E-state index contributed by atoms with van der Waals surface area (Å²) in [7, 11) is 0. The van der Waals surface area contributed by atoms with E-state index in [1.54, 1.807) is 0 Å².